The lowest BCUT2D eigenvalue weighted by Crippen LogP contribution is -2.20. The molecule has 0 atom stereocenters. The highest BCUT2D eigenvalue weighted by Crippen LogP contribution is 2.28. The predicted molar refractivity (Wildman–Crippen MR) is 83.5 cm³/mol. The van der Waals surface area contributed by atoms with Crippen molar-refractivity contribution in [1.82, 2.24) is 0 Å². The number of fused-ring (bicyclic) bond motifs is 5. The van der Waals surface area contributed by atoms with Crippen molar-refractivity contribution >= 4 is 43.0 Å². The number of nitrogen functional groups attached to an aromatic ring is 1. The van der Waals surface area contributed by atoms with Crippen molar-refractivity contribution in [1.29, 1.82) is 0 Å². The van der Waals surface area contributed by atoms with E-state index in [2.05, 4.69) is 34.7 Å². The molecule has 4 rings (SSSR count). The zero-order valence-corrected chi connectivity index (χ0v) is 11.8. The molecule has 0 aliphatic rings. The van der Waals surface area contributed by atoms with Gasteiger partial charge in [-0.15, -0.1) is 4.40 Å². The van der Waals surface area contributed by atoms with E-state index in [1.54, 1.807) is 18.4 Å². The molecule has 4 aromatic rings. The van der Waals surface area contributed by atoms with Crippen molar-refractivity contribution in [2.45, 2.75) is 0 Å². The Bertz CT molecular complexity index is 959. The number of thiazole rings is 1. The van der Waals surface area contributed by atoms with E-state index in [0.29, 0.717) is 0 Å². The third-order valence-electron chi connectivity index (χ3n) is 3.54. The van der Waals surface area contributed by atoms with Gasteiger partial charge in [0.1, 0.15) is 10.4 Å². The summed E-state index contributed by atoms with van der Waals surface area (Å²) in [6.07, 6.45) is 0. The monoisotopic (exact) mass is 281 g/mol. The van der Waals surface area contributed by atoms with Gasteiger partial charge < -0.3 is 10.5 Å². The molecule has 0 saturated heterocycles. The molecule has 0 spiro atoms. The molecular weight excluding hydrogens is 268 g/mol. The highest BCUT2D eigenvalue weighted by Gasteiger charge is 2.17. The zero-order valence-electron chi connectivity index (χ0n) is 11.0. The number of pyridine rings is 1. The molecule has 2 aromatic carbocycles. The molecule has 2 N–H and O–H groups in total. The topological polar surface area (TPSA) is 39.4 Å². The first-order chi connectivity index (χ1) is 9.76. The van der Waals surface area contributed by atoms with Crippen LogP contribution < -0.4 is 14.9 Å². The van der Waals surface area contributed by atoms with E-state index in [9.17, 15) is 0 Å². The van der Waals surface area contributed by atoms with Gasteiger partial charge in [0.25, 0.3) is 4.83 Å². The van der Waals surface area contributed by atoms with E-state index in [1.165, 1.54) is 20.6 Å². The lowest BCUT2D eigenvalue weighted by Gasteiger charge is -1.97. The quantitative estimate of drug-likeness (QED) is 0.429. The van der Waals surface area contributed by atoms with Gasteiger partial charge in [-0.2, -0.15) is 0 Å². The van der Waals surface area contributed by atoms with Crippen molar-refractivity contribution in [3.63, 3.8) is 0 Å². The van der Waals surface area contributed by atoms with Gasteiger partial charge >= 0.3 is 0 Å². The normalized spacial score (nSPS) is 11.4. The van der Waals surface area contributed by atoms with Crippen LogP contribution in [0.4, 0.5) is 5.69 Å². The van der Waals surface area contributed by atoms with Crippen LogP contribution in [0.15, 0.2) is 48.5 Å². The fraction of sp³-hybridized carbons (Fsp3) is 0.0625. The molecule has 4 heteroatoms. The molecule has 0 fully saturated rings. The van der Waals surface area contributed by atoms with Crippen molar-refractivity contribution in [2.75, 3.05) is 12.8 Å². The van der Waals surface area contributed by atoms with Gasteiger partial charge in [-0.1, -0.05) is 11.3 Å². The van der Waals surface area contributed by atoms with Crippen LogP contribution in [0, 0.1) is 0 Å². The first kappa shape index (κ1) is 11.5. The molecule has 0 amide bonds. The van der Waals surface area contributed by atoms with E-state index >= 15 is 0 Å². The molecule has 0 saturated carbocycles. The second kappa shape index (κ2) is 4.08. The average Bonchev–Trinajstić information content (AvgIpc) is 2.84. The molecule has 0 aliphatic heterocycles. The summed E-state index contributed by atoms with van der Waals surface area (Å²) >= 11 is 1.76. The van der Waals surface area contributed by atoms with Crippen LogP contribution in [0.2, 0.25) is 0 Å². The van der Waals surface area contributed by atoms with E-state index in [4.69, 9.17) is 10.5 Å². The SMILES string of the molecule is COc1ccc2c(c1)sc1ccc3cc(N)ccc3[n+]12. The van der Waals surface area contributed by atoms with E-state index in [1.807, 2.05) is 18.2 Å². The highest BCUT2D eigenvalue weighted by molar-refractivity contribution is 7.23. The minimum atomic E-state index is 0.790. The molecule has 3 nitrogen and oxygen atoms in total. The molecule has 0 aliphatic carbocycles. The molecule has 0 bridgehead atoms. The summed E-state index contributed by atoms with van der Waals surface area (Å²) < 4.78 is 8.79. The second-order valence-electron chi connectivity index (χ2n) is 4.76. The number of nitrogens with zero attached hydrogens (tertiary/aromatic N) is 1. The summed E-state index contributed by atoms with van der Waals surface area (Å²) in [7, 11) is 1.69. The third-order valence-corrected chi connectivity index (χ3v) is 4.62. The molecular formula is C16H13N2OS+. The largest absolute Gasteiger partial charge is 0.497 e. The Morgan fingerprint density at radius 1 is 1.00 bits per heavy atom. The van der Waals surface area contributed by atoms with E-state index < -0.39 is 0 Å². The molecule has 2 aromatic heterocycles. The van der Waals surface area contributed by atoms with Crippen LogP contribution >= 0.6 is 11.3 Å². The van der Waals surface area contributed by atoms with Crippen LogP contribution in [0.3, 0.4) is 0 Å². The Morgan fingerprint density at radius 3 is 2.70 bits per heavy atom. The molecule has 0 radical (unpaired) electrons. The highest BCUT2D eigenvalue weighted by atomic mass is 32.1. The fourth-order valence-electron chi connectivity index (χ4n) is 2.59. The zero-order chi connectivity index (χ0) is 13.7. The number of hydrogen-bond acceptors (Lipinski definition) is 3. The fourth-order valence-corrected chi connectivity index (χ4v) is 3.68. The molecule has 2 heterocycles. The molecule has 98 valence electrons. The van der Waals surface area contributed by atoms with E-state index in [-0.39, 0.29) is 0 Å². The summed E-state index contributed by atoms with van der Waals surface area (Å²) in [6, 6.07) is 16.5. The Balaban J connectivity index is 2.20. The minimum Gasteiger partial charge on any atom is -0.497 e. The lowest BCUT2D eigenvalue weighted by atomic mass is 10.2. The van der Waals surface area contributed by atoms with Crippen LogP contribution in [0.5, 0.6) is 5.75 Å². The maximum absolute atomic E-state index is 5.87. The van der Waals surface area contributed by atoms with Crippen LogP contribution in [0.1, 0.15) is 0 Å². The summed E-state index contributed by atoms with van der Waals surface area (Å²) in [4.78, 5) is 1.21. The lowest BCUT2D eigenvalue weighted by molar-refractivity contribution is -0.446. The smallest absolute Gasteiger partial charge is 0.268 e. The van der Waals surface area contributed by atoms with Crippen molar-refractivity contribution in [3.05, 3.63) is 48.5 Å². The standard InChI is InChI=1S/C16H13N2OS/c1-19-12-4-6-14-15(9-12)20-16-7-2-10-8-11(17)3-5-13(10)18(14)16/h2-9H,17H2,1H3/q+1. The number of benzene rings is 2. The summed E-state index contributed by atoms with van der Waals surface area (Å²) in [5.41, 5.74) is 9.03. The summed E-state index contributed by atoms with van der Waals surface area (Å²) in [6.45, 7) is 0. The maximum atomic E-state index is 5.87. The second-order valence-corrected chi connectivity index (χ2v) is 5.82. The number of nitrogens with two attached hydrogens (primary N) is 1. The van der Waals surface area contributed by atoms with Gasteiger partial charge in [0, 0.05) is 35.3 Å². The Labute approximate surface area is 119 Å². The maximum Gasteiger partial charge on any atom is 0.268 e. The van der Waals surface area contributed by atoms with Crippen molar-refractivity contribution in [2.24, 2.45) is 0 Å². The number of rotatable bonds is 1. The van der Waals surface area contributed by atoms with Crippen molar-refractivity contribution in [3.8, 4) is 5.75 Å². The Morgan fingerprint density at radius 2 is 1.85 bits per heavy atom. The first-order valence-corrected chi connectivity index (χ1v) is 7.18. The number of hydrogen-bond donors (Lipinski definition) is 1. The Hall–Kier alpha value is -2.33. The first-order valence-electron chi connectivity index (χ1n) is 6.37. The molecule has 0 unspecified atom stereocenters. The Kier molecular flexibility index (Phi) is 2.35. The van der Waals surface area contributed by atoms with Gasteiger partial charge in [0.05, 0.1) is 7.11 Å². The number of methoxy groups -OCH3 is 1. The predicted octanol–water partition coefficient (Wildman–Crippen LogP) is 3.38. The summed E-state index contributed by atoms with van der Waals surface area (Å²) in [5.74, 6) is 0.887. The number of aromatic nitrogens is 1. The minimum absolute atomic E-state index is 0.790. The third kappa shape index (κ3) is 1.55. The van der Waals surface area contributed by atoms with Crippen LogP contribution in [-0.2, 0) is 0 Å². The van der Waals surface area contributed by atoms with E-state index in [0.717, 1.165) is 16.8 Å². The van der Waals surface area contributed by atoms with Crippen LogP contribution in [-0.4, -0.2) is 7.11 Å². The summed E-state index contributed by atoms with van der Waals surface area (Å²) in [5, 5.41) is 1.15. The number of anilines is 1. The van der Waals surface area contributed by atoms with Gasteiger partial charge in [-0.05, 0) is 24.3 Å². The van der Waals surface area contributed by atoms with Gasteiger partial charge in [0.15, 0.2) is 0 Å². The number of ether oxygens (including phenoxy) is 1. The average molecular weight is 281 g/mol. The van der Waals surface area contributed by atoms with Gasteiger partial charge in [-0.3, -0.25) is 0 Å². The van der Waals surface area contributed by atoms with Crippen molar-refractivity contribution < 1.29 is 9.14 Å². The van der Waals surface area contributed by atoms with Gasteiger partial charge in [-0.25, -0.2) is 0 Å². The van der Waals surface area contributed by atoms with Crippen LogP contribution in [0.25, 0.3) is 25.9 Å². The molecule has 20 heavy (non-hydrogen) atoms. The van der Waals surface area contributed by atoms with Gasteiger partial charge in [0.2, 0.25) is 11.0 Å².